The highest BCUT2D eigenvalue weighted by atomic mass is 19.1. The maximum Gasteiger partial charge on any atom is 0.352 e. The first-order valence-corrected chi connectivity index (χ1v) is 12.3. The van der Waals surface area contributed by atoms with Crippen LogP contribution in [0.2, 0.25) is 0 Å². The fourth-order valence-corrected chi connectivity index (χ4v) is 4.40. The van der Waals surface area contributed by atoms with Gasteiger partial charge in [-0.25, -0.2) is 22.8 Å². The number of carbonyl (C=O) groups is 1. The first-order valence-electron chi connectivity index (χ1n) is 12.3. The molecule has 0 saturated carbocycles. The van der Waals surface area contributed by atoms with Crippen LogP contribution in [0.25, 0.3) is 22.5 Å². The van der Waals surface area contributed by atoms with Crippen molar-refractivity contribution in [2.75, 3.05) is 26.5 Å². The Balaban J connectivity index is 2.11. The molecule has 0 saturated heterocycles. The van der Waals surface area contributed by atoms with Gasteiger partial charge in [-0.2, -0.15) is 0 Å². The molecule has 0 atom stereocenters. The zero-order chi connectivity index (χ0) is 29.8. The monoisotopic (exact) mass is 565 g/mol. The zero-order valence-electron chi connectivity index (χ0n) is 22.6. The van der Waals surface area contributed by atoms with Crippen LogP contribution in [-0.2, 0) is 22.6 Å². The van der Waals surface area contributed by atoms with Crippen molar-refractivity contribution >= 4 is 23.4 Å². The number of nitrogens with one attached hydrogen (secondary N) is 1. The molecule has 1 amide bonds. The molecule has 0 unspecified atom stereocenters. The average Bonchev–Trinajstić information content (AvgIpc) is 3.30. The number of carbonyl (C=O) groups excluding carboxylic acids is 1. The van der Waals surface area contributed by atoms with Crippen molar-refractivity contribution in [3.05, 3.63) is 110 Å². The van der Waals surface area contributed by atoms with E-state index in [1.807, 2.05) is 4.90 Å². The van der Waals surface area contributed by atoms with Crippen LogP contribution in [0.15, 0.2) is 76.3 Å². The fraction of sp³-hybridized carbons (Fsp3) is 0.179. The van der Waals surface area contributed by atoms with Gasteiger partial charge in [-0.3, -0.25) is 14.1 Å². The Morgan fingerprint density at radius 1 is 1.02 bits per heavy atom. The molecule has 41 heavy (non-hydrogen) atoms. The van der Waals surface area contributed by atoms with E-state index < -0.39 is 29.4 Å². The van der Waals surface area contributed by atoms with Crippen LogP contribution in [0.3, 0.4) is 0 Å². The third kappa shape index (κ3) is 5.75. The number of methoxy groups -OCH3 is 1. The highest BCUT2D eigenvalue weighted by Gasteiger charge is 2.24. The molecule has 5 N–H and O–H groups in total. The minimum atomic E-state index is -0.938. The Morgan fingerprint density at radius 3 is 2.27 bits per heavy atom. The number of nitrogens with zero attached hydrogens (tertiary/aromatic N) is 4. The third-order valence-electron chi connectivity index (χ3n) is 6.35. The maximum absolute atomic E-state index is 14.7. The van der Waals surface area contributed by atoms with Crippen molar-refractivity contribution in [1.29, 1.82) is 0 Å². The van der Waals surface area contributed by atoms with E-state index in [1.165, 1.54) is 29.8 Å². The van der Waals surface area contributed by atoms with Gasteiger partial charge in [-0.15, -0.1) is 0 Å². The van der Waals surface area contributed by atoms with Crippen molar-refractivity contribution < 1.29 is 18.3 Å². The summed E-state index contributed by atoms with van der Waals surface area (Å²) in [6.45, 7) is -0.281. The second-order valence-corrected chi connectivity index (χ2v) is 9.34. The molecule has 214 valence electrons. The van der Waals surface area contributed by atoms with Gasteiger partial charge in [0, 0.05) is 41.2 Å². The van der Waals surface area contributed by atoms with Gasteiger partial charge in [0.2, 0.25) is 6.41 Å². The second-order valence-electron chi connectivity index (χ2n) is 9.34. The molecule has 11 nitrogen and oxygen atoms in total. The average molecular weight is 566 g/mol. The smallest absolute Gasteiger partial charge is 0.352 e. The first kappa shape index (κ1) is 28.8. The number of halogens is 2. The molecule has 0 aliphatic carbocycles. The number of benzene rings is 2. The topological polar surface area (TPSA) is 142 Å². The van der Waals surface area contributed by atoms with E-state index in [1.54, 1.807) is 44.6 Å². The molecule has 0 fully saturated rings. The van der Waals surface area contributed by atoms with E-state index in [0.717, 1.165) is 16.8 Å². The Labute approximate surface area is 233 Å². The van der Waals surface area contributed by atoms with Gasteiger partial charge in [-0.1, -0.05) is 18.2 Å². The number of allylic oxidation sites excluding steroid dienone is 2. The predicted molar refractivity (Wildman–Crippen MR) is 152 cm³/mol. The predicted octanol–water partition coefficient (Wildman–Crippen LogP) is 2.09. The molecule has 4 aromatic rings. The highest BCUT2D eigenvalue weighted by Crippen LogP contribution is 2.29. The molecular weight excluding hydrogens is 536 g/mol. The molecule has 4 rings (SSSR count). The summed E-state index contributed by atoms with van der Waals surface area (Å²) in [5.41, 5.74) is 12.2. The number of hydrogen-bond acceptors (Lipinski definition) is 7. The normalized spacial score (nSPS) is 12.2. The number of aromatic nitrogens is 3. The lowest BCUT2D eigenvalue weighted by Gasteiger charge is -2.16. The molecule has 0 bridgehead atoms. The SMILES string of the molecule is CO/C(N)=C/C=C(\N)n1c(=O)c2c(CN(C)C)c(-c3ccc(NC=O)cc3)cn2n(Cc2c(F)cccc2F)c1=O. The van der Waals surface area contributed by atoms with Crippen molar-refractivity contribution in [2.24, 2.45) is 11.5 Å². The summed E-state index contributed by atoms with van der Waals surface area (Å²) in [4.78, 5) is 40.4. The molecule has 13 heteroatoms. The van der Waals surface area contributed by atoms with Gasteiger partial charge < -0.3 is 26.4 Å². The molecule has 0 aliphatic rings. The minimum Gasteiger partial charge on any atom is -0.483 e. The largest absolute Gasteiger partial charge is 0.483 e. The Kier molecular flexibility index (Phi) is 8.38. The van der Waals surface area contributed by atoms with E-state index in [2.05, 4.69) is 5.32 Å². The Morgan fingerprint density at radius 2 is 1.68 bits per heavy atom. The number of anilines is 1. The number of ether oxygens (including phenoxy) is 1. The summed E-state index contributed by atoms with van der Waals surface area (Å²) in [7, 11) is 4.95. The number of hydrogen-bond donors (Lipinski definition) is 3. The van der Waals surface area contributed by atoms with Gasteiger partial charge >= 0.3 is 5.69 Å². The summed E-state index contributed by atoms with van der Waals surface area (Å²) in [6.07, 6.45) is 4.60. The second kappa shape index (κ2) is 11.9. The summed E-state index contributed by atoms with van der Waals surface area (Å²) < 4.78 is 37.4. The van der Waals surface area contributed by atoms with Crippen LogP contribution in [-0.4, -0.2) is 46.3 Å². The van der Waals surface area contributed by atoms with E-state index in [4.69, 9.17) is 16.2 Å². The number of amides is 1. The lowest BCUT2D eigenvalue weighted by molar-refractivity contribution is -0.105. The lowest BCUT2D eigenvalue weighted by Crippen LogP contribution is -2.44. The van der Waals surface area contributed by atoms with Crippen molar-refractivity contribution in [3.8, 4) is 11.1 Å². The quantitative estimate of drug-likeness (QED) is 0.152. The number of fused-ring (bicyclic) bond motifs is 1. The van der Waals surface area contributed by atoms with Crippen LogP contribution in [0, 0.1) is 11.6 Å². The number of rotatable bonds is 10. The summed E-state index contributed by atoms with van der Waals surface area (Å²) in [5, 5.41) is 2.56. The van der Waals surface area contributed by atoms with Gasteiger partial charge in [0.1, 0.15) is 23.0 Å². The summed E-state index contributed by atoms with van der Waals surface area (Å²) in [6, 6.07) is 10.2. The zero-order valence-corrected chi connectivity index (χ0v) is 22.6. The molecular formula is C28H29F2N7O4. The van der Waals surface area contributed by atoms with E-state index in [0.29, 0.717) is 33.4 Å². The van der Waals surface area contributed by atoms with Gasteiger partial charge in [-0.05, 0) is 50.0 Å². The van der Waals surface area contributed by atoms with Crippen molar-refractivity contribution in [3.63, 3.8) is 0 Å². The highest BCUT2D eigenvalue weighted by molar-refractivity contribution is 5.79. The summed E-state index contributed by atoms with van der Waals surface area (Å²) in [5.74, 6) is -2.03. The van der Waals surface area contributed by atoms with Gasteiger partial charge in [0.05, 0.1) is 13.7 Å². The van der Waals surface area contributed by atoms with Crippen molar-refractivity contribution in [2.45, 2.75) is 13.1 Å². The molecule has 2 aromatic carbocycles. The van der Waals surface area contributed by atoms with Crippen LogP contribution >= 0.6 is 0 Å². The van der Waals surface area contributed by atoms with Crippen molar-refractivity contribution in [1.82, 2.24) is 18.7 Å². The van der Waals surface area contributed by atoms with E-state index in [9.17, 15) is 23.2 Å². The Bertz CT molecular complexity index is 1760. The standard InChI is InChI=1S/C28H29F2N7O4/c1-34(2)13-20-19(17-7-9-18(10-8-17)33-16-38)14-35-26(20)27(39)37(24(31)11-12-25(32)41-3)28(40)36(35)15-21-22(29)5-4-6-23(21)30/h4-12,14,16H,13,15,31-32H2,1-3H3,(H,33,38)/b24-11+,25-12+. The molecule has 0 radical (unpaired) electrons. The molecule has 2 heterocycles. The van der Waals surface area contributed by atoms with Gasteiger partial charge in [0.15, 0.2) is 5.88 Å². The lowest BCUT2D eigenvalue weighted by atomic mass is 10.0. The van der Waals surface area contributed by atoms with E-state index >= 15 is 0 Å². The maximum atomic E-state index is 14.7. The molecule has 0 aliphatic heterocycles. The molecule has 2 aromatic heterocycles. The number of nitrogens with two attached hydrogens (primary N) is 2. The first-order chi connectivity index (χ1) is 19.6. The summed E-state index contributed by atoms with van der Waals surface area (Å²) >= 11 is 0. The van der Waals surface area contributed by atoms with Crippen LogP contribution < -0.4 is 28.0 Å². The molecule has 0 spiro atoms. The Hall–Kier alpha value is -5.17. The van der Waals surface area contributed by atoms with Crippen LogP contribution in [0.5, 0.6) is 0 Å². The van der Waals surface area contributed by atoms with Gasteiger partial charge in [0.25, 0.3) is 5.56 Å². The minimum absolute atomic E-state index is 0.0263. The third-order valence-corrected chi connectivity index (χ3v) is 6.35. The van der Waals surface area contributed by atoms with Crippen LogP contribution in [0.4, 0.5) is 14.5 Å². The fourth-order valence-electron chi connectivity index (χ4n) is 4.40. The van der Waals surface area contributed by atoms with Crippen LogP contribution in [0.1, 0.15) is 11.1 Å². The van der Waals surface area contributed by atoms with E-state index in [-0.39, 0.29) is 29.3 Å².